The van der Waals surface area contributed by atoms with Crippen LogP contribution in [0, 0.1) is 0 Å². The Labute approximate surface area is 114 Å². The predicted molar refractivity (Wildman–Crippen MR) is 75.3 cm³/mol. The summed E-state index contributed by atoms with van der Waals surface area (Å²) in [5, 5.41) is 7.25. The molecule has 0 fully saturated rings. The molecule has 0 amide bonds. The highest BCUT2D eigenvalue weighted by atomic mass is 79.9. The number of ether oxygens (including phenoxy) is 2. The molecule has 0 saturated carbocycles. The fraction of sp³-hybridized carbons (Fsp3) is 0.273. The topological polar surface area (TPSA) is 95.2 Å². The Morgan fingerprint density at radius 1 is 1.44 bits per heavy atom. The summed E-state index contributed by atoms with van der Waals surface area (Å²) in [5.74, 6) is 1.17. The molecule has 7 heteroatoms. The molecule has 18 heavy (non-hydrogen) atoms. The van der Waals surface area contributed by atoms with Gasteiger partial charge in [-0.1, -0.05) is 0 Å². The average molecular weight is 315 g/mol. The molecule has 6 nitrogen and oxygen atoms in total. The van der Waals surface area contributed by atoms with Crippen molar-refractivity contribution in [2.75, 3.05) is 13.7 Å². The third-order valence-corrected chi connectivity index (χ3v) is 2.51. The van der Waals surface area contributed by atoms with Gasteiger partial charge in [0.25, 0.3) is 0 Å². The maximum absolute atomic E-state index is 5.47. The molecule has 0 heterocycles. The second kappa shape index (κ2) is 6.85. The third-order valence-electron chi connectivity index (χ3n) is 1.92. The van der Waals surface area contributed by atoms with Crippen LogP contribution in [0.3, 0.4) is 0 Å². The van der Waals surface area contributed by atoms with E-state index in [4.69, 9.17) is 20.9 Å². The second-order valence-electron chi connectivity index (χ2n) is 3.24. The van der Waals surface area contributed by atoms with Crippen LogP contribution in [0.4, 0.5) is 0 Å². The minimum Gasteiger partial charge on any atom is -0.493 e. The summed E-state index contributed by atoms with van der Waals surface area (Å²) in [6.07, 6.45) is 1.52. The van der Waals surface area contributed by atoms with E-state index in [-0.39, 0.29) is 5.96 Å². The van der Waals surface area contributed by atoms with E-state index in [0.717, 1.165) is 10.0 Å². The first-order valence-electron chi connectivity index (χ1n) is 5.20. The van der Waals surface area contributed by atoms with E-state index in [2.05, 4.69) is 26.1 Å². The summed E-state index contributed by atoms with van der Waals surface area (Å²) in [4.78, 5) is 0. The minimum atomic E-state index is -0.0942. The highest BCUT2D eigenvalue weighted by molar-refractivity contribution is 9.10. The normalized spacial score (nSPS) is 10.4. The van der Waals surface area contributed by atoms with Gasteiger partial charge >= 0.3 is 0 Å². The fourth-order valence-corrected chi connectivity index (χ4v) is 1.84. The quantitative estimate of drug-likeness (QED) is 0.488. The lowest BCUT2D eigenvalue weighted by molar-refractivity contribution is 0.309. The van der Waals surface area contributed by atoms with Gasteiger partial charge in [-0.2, -0.15) is 5.10 Å². The Morgan fingerprint density at radius 2 is 2.17 bits per heavy atom. The van der Waals surface area contributed by atoms with Crippen molar-refractivity contribution in [1.82, 2.24) is 0 Å². The molecule has 0 aromatic heterocycles. The smallest absolute Gasteiger partial charge is 0.211 e. The molecular weight excluding hydrogens is 300 g/mol. The van der Waals surface area contributed by atoms with Crippen molar-refractivity contribution in [3.8, 4) is 11.5 Å². The monoisotopic (exact) mass is 314 g/mol. The lowest BCUT2D eigenvalue weighted by atomic mass is 10.2. The minimum absolute atomic E-state index is 0.0942. The van der Waals surface area contributed by atoms with Crippen molar-refractivity contribution in [1.29, 1.82) is 0 Å². The van der Waals surface area contributed by atoms with Crippen molar-refractivity contribution in [3.05, 3.63) is 22.2 Å². The zero-order valence-electron chi connectivity index (χ0n) is 10.2. The van der Waals surface area contributed by atoms with Crippen molar-refractivity contribution in [2.24, 2.45) is 21.7 Å². The summed E-state index contributed by atoms with van der Waals surface area (Å²) in [6.45, 7) is 2.45. The van der Waals surface area contributed by atoms with Crippen LogP contribution in [0.25, 0.3) is 0 Å². The molecule has 0 aliphatic carbocycles. The van der Waals surface area contributed by atoms with Crippen molar-refractivity contribution < 1.29 is 9.47 Å². The van der Waals surface area contributed by atoms with E-state index < -0.39 is 0 Å². The van der Waals surface area contributed by atoms with Gasteiger partial charge < -0.3 is 20.9 Å². The van der Waals surface area contributed by atoms with Gasteiger partial charge in [-0.05, 0) is 40.5 Å². The van der Waals surface area contributed by atoms with Crippen LogP contribution in [0.5, 0.6) is 11.5 Å². The van der Waals surface area contributed by atoms with Crippen LogP contribution in [0.1, 0.15) is 12.5 Å². The number of nitrogens with two attached hydrogens (primary N) is 2. The Morgan fingerprint density at radius 3 is 2.72 bits per heavy atom. The molecule has 0 atom stereocenters. The van der Waals surface area contributed by atoms with E-state index in [1.54, 1.807) is 13.2 Å². The van der Waals surface area contributed by atoms with Gasteiger partial charge in [0.1, 0.15) is 0 Å². The Bertz CT molecular complexity index is 470. The van der Waals surface area contributed by atoms with Crippen LogP contribution in [0.15, 0.2) is 26.8 Å². The van der Waals surface area contributed by atoms with Crippen molar-refractivity contribution in [2.45, 2.75) is 6.92 Å². The number of hydrogen-bond donors (Lipinski definition) is 2. The Kier molecular flexibility index (Phi) is 5.44. The number of guanidine groups is 1. The summed E-state index contributed by atoms with van der Waals surface area (Å²) < 4.78 is 11.5. The van der Waals surface area contributed by atoms with Gasteiger partial charge in [-0.25, -0.2) is 0 Å². The number of methoxy groups -OCH3 is 1. The lowest BCUT2D eigenvalue weighted by Gasteiger charge is -2.11. The zero-order chi connectivity index (χ0) is 13.5. The van der Waals surface area contributed by atoms with E-state index in [9.17, 15) is 0 Å². The van der Waals surface area contributed by atoms with Crippen molar-refractivity contribution in [3.63, 3.8) is 0 Å². The van der Waals surface area contributed by atoms with E-state index in [0.29, 0.717) is 18.1 Å². The zero-order valence-corrected chi connectivity index (χ0v) is 11.8. The largest absolute Gasteiger partial charge is 0.493 e. The summed E-state index contributed by atoms with van der Waals surface area (Å²) in [7, 11) is 1.57. The van der Waals surface area contributed by atoms with Crippen LogP contribution >= 0.6 is 15.9 Å². The lowest BCUT2D eigenvalue weighted by Crippen LogP contribution is -2.21. The van der Waals surface area contributed by atoms with Gasteiger partial charge in [0.15, 0.2) is 11.5 Å². The standard InChI is InChI=1S/C11H15BrN4O2/c1-3-18-10-8(12)4-7(5-9(10)17-2)6-15-16-11(13)14/h4-6H,3H2,1-2H3,(H4,13,14,16)/b15-6+. The van der Waals surface area contributed by atoms with Crippen LogP contribution in [-0.2, 0) is 0 Å². The predicted octanol–water partition coefficient (Wildman–Crippen LogP) is 1.46. The first kappa shape index (κ1) is 14.3. The number of rotatable bonds is 5. The maximum atomic E-state index is 5.47. The third kappa shape index (κ3) is 3.92. The molecule has 1 aromatic carbocycles. The molecule has 1 rings (SSSR count). The average Bonchev–Trinajstić information content (AvgIpc) is 2.31. The van der Waals surface area contributed by atoms with Crippen LogP contribution in [-0.4, -0.2) is 25.9 Å². The molecule has 0 unspecified atom stereocenters. The molecule has 4 N–H and O–H groups in total. The van der Waals surface area contributed by atoms with Gasteiger partial charge in [-0.3, -0.25) is 0 Å². The van der Waals surface area contributed by atoms with Gasteiger partial charge in [0.2, 0.25) is 5.96 Å². The number of nitrogens with zero attached hydrogens (tertiary/aromatic N) is 2. The number of hydrogen-bond acceptors (Lipinski definition) is 4. The molecule has 0 saturated heterocycles. The number of halogens is 1. The highest BCUT2D eigenvalue weighted by Crippen LogP contribution is 2.36. The fourth-order valence-electron chi connectivity index (χ4n) is 1.26. The maximum Gasteiger partial charge on any atom is 0.211 e. The first-order valence-corrected chi connectivity index (χ1v) is 6.00. The molecule has 0 radical (unpaired) electrons. The molecule has 1 aromatic rings. The van der Waals surface area contributed by atoms with Crippen LogP contribution in [0.2, 0.25) is 0 Å². The molecular formula is C11H15BrN4O2. The molecule has 0 spiro atoms. The van der Waals surface area contributed by atoms with E-state index in [1.807, 2.05) is 13.0 Å². The Hall–Kier alpha value is -1.76. The molecule has 0 bridgehead atoms. The summed E-state index contributed by atoms with van der Waals surface area (Å²) in [6, 6.07) is 3.61. The van der Waals surface area contributed by atoms with E-state index >= 15 is 0 Å². The number of benzene rings is 1. The molecule has 0 aliphatic heterocycles. The van der Waals surface area contributed by atoms with Crippen LogP contribution < -0.4 is 20.9 Å². The second-order valence-corrected chi connectivity index (χ2v) is 4.09. The summed E-state index contributed by atoms with van der Waals surface area (Å²) in [5.41, 5.74) is 11.1. The summed E-state index contributed by atoms with van der Waals surface area (Å²) >= 11 is 3.41. The van der Waals surface area contributed by atoms with Gasteiger partial charge in [0.05, 0.1) is 24.4 Å². The van der Waals surface area contributed by atoms with Crippen molar-refractivity contribution >= 4 is 28.1 Å². The molecule has 0 aliphatic rings. The SMILES string of the molecule is CCOc1c(Br)cc(/C=N/N=C(N)N)cc1OC. The van der Waals surface area contributed by atoms with Gasteiger partial charge in [-0.15, -0.1) is 5.10 Å². The van der Waals surface area contributed by atoms with Gasteiger partial charge in [0, 0.05) is 0 Å². The highest BCUT2D eigenvalue weighted by Gasteiger charge is 2.10. The molecule has 98 valence electrons. The Balaban J connectivity index is 3.06. The van der Waals surface area contributed by atoms with E-state index in [1.165, 1.54) is 6.21 Å². The first-order chi connectivity index (χ1) is 8.58.